The van der Waals surface area contributed by atoms with Crippen molar-refractivity contribution in [3.05, 3.63) is 34.5 Å². The number of benzene rings is 1. The number of H-pyrrole nitrogens is 1. The van der Waals surface area contributed by atoms with Gasteiger partial charge < -0.3 is 14.5 Å². The number of alkyl halides is 2. The third kappa shape index (κ3) is 5.59. The van der Waals surface area contributed by atoms with Crippen LogP contribution in [-0.2, 0) is 0 Å². The average Bonchev–Trinajstić information content (AvgIpc) is 3.21. The Balaban J connectivity index is 1.70. The fourth-order valence-corrected chi connectivity index (χ4v) is 4.47. The molecule has 0 amide bonds. The van der Waals surface area contributed by atoms with E-state index in [9.17, 15) is 8.78 Å². The lowest BCUT2D eigenvalue weighted by Crippen LogP contribution is -2.44. The van der Waals surface area contributed by atoms with Crippen LogP contribution >= 0.6 is 11.6 Å². The molecule has 0 bridgehead atoms. The minimum atomic E-state index is -2.66. The molecule has 1 aromatic carbocycles. The van der Waals surface area contributed by atoms with Crippen molar-refractivity contribution < 1.29 is 18.3 Å². The molecule has 3 heterocycles. The van der Waals surface area contributed by atoms with Crippen LogP contribution in [0.3, 0.4) is 0 Å². The van der Waals surface area contributed by atoms with Crippen molar-refractivity contribution in [3.8, 4) is 23.0 Å². The second kappa shape index (κ2) is 10.7. The molecule has 0 radical (unpaired) electrons. The molecule has 0 unspecified atom stereocenters. The zero-order valence-corrected chi connectivity index (χ0v) is 20.6. The fraction of sp³-hybridized carbons (Fsp3) is 0.417. The number of ether oxygens (including phenoxy) is 2. The van der Waals surface area contributed by atoms with Crippen LogP contribution in [0.5, 0.6) is 11.8 Å². The highest BCUT2D eigenvalue weighted by atomic mass is 35.5. The van der Waals surface area contributed by atoms with Crippen molar-refractivity contribution >= 4 is 35.1 Å². The molecule has 1 fully saturated rings. The Bertz CT molecular complexity index is 1260. The minimum Gasteiger partial charge on any atom is -0.496 e. The lowest BCUT2D eigenvalue weighted by Gasteiger charge is -2.32. The summed E-state index contributed by atoms with van der Waals surface area (Å²) in [5.41, 5.74) is 3.21. The number of halogens is 3. The maximum atomic E-state index is 13.7. The van der Waals surface area contributed by atoms with E-state index in [0.29, 0.717) is 47.2 Å². The van der Waals surface area contributed by atoms with Crippen molar-refractivity contribution in [2.75, 3.05) is 47.4 Å². The van der Waals surface area contributed by atoms with E-state index < -0.39 is 5.92 Å². The molecule has 186 valence electrons. The number of likely N-dealkylation sites (tertiary alicyclic amines) is 1. The molecule has 4 rings (SSSR count). The second-order valence-corrected chi connectivity index (χ2v) is 8.66. The molecular formula is C24H27ClF2N6O2. The Labute approximate surface area is 207 Å². The number of hydrogen-bond donors (Lipinski definition) is 1. The molecule has 3 aromatic rings. The van der Waals surface area contributed by atoms with Crippen molar-refractivity contribution in [2.45, 2.75) is 18.8 Å². The number of nitrogens with one attached hydrogen (secondary N) is 1. The smallest absolute Gasteiger partial charge is 0.319 e. The quantitative estimate of drug-likeness (QED) is 0.456. The lowest BCUT2D eigenvalue weighted by atomic mass is 10.0. The van der Waals surface area contributed by atoms with E-state index in [0.717, 1.165) is 16.5 Å². The zero-order chi connectivity index (χ0) is 25.0. The summed E-state index contributed by atoms with van der Waals surface area (Å²) >= 11 is 6.67. The van der Waals surface area contributed by atoms with E-state index in [2.05, 4.69) is 24.9 Å². The van der Waals surface area contributed by atoms with E-state index in [1.165, 1.54) is 0 Å². The van der Waals surface area contributed by atoms with Crippen molar-refractivity contribution in [1.82, 2.24) is 19.9 Å². The number of aliphatic imine (C=N–C) groups is 2. The lowest BCUT2D eigenvalue weighted by molar-refractivity contribution is -0.0657. The number of methoxy groups -OCH3 is 1. The van der Waals surface area contributed by atoms with E-state index >= 15 is 0 Å². The Hall–Kier alpha value is -3.11. The van der Waals surface area contributed by atoms with Gasteiger partial charge in [-0.1, -0.05) is 11.6 Å². The van der Waals surface area contributed by atoms with E-state index in [1.807, 2.05) is 0 Å². The molecule has 2 aromatic heterocycles. The first-order valence-electron chi connectivity index (χ1n) is 11.2. The van der Waals surface area contributed by atoms with Crippen LogP contribution in [-0.4, -0.2) is 85.6 Å². The number of aromatic nitrogens is 3. The zero-order valence-electron chi connectivity index (χ0n) is 19.8. The molecule has 0 atom stereocenters. The summed E-state index contributed by atoms with van der Waals surface area (Å²) in [5.74, 6) is -2.08. The molecule has 8 nitrogen and oxygen atoms in total. The normalized spacial score (nSPS) is 16.5. The number of hydrogen-bond acceptors (Lipinski definition) is 7. The molecule has 35 heavy (non-hydrogen) atoms. The molecule has 1 aliphatic heterocycles. The predicted octanol–water partition coefficient (Wildman–Crippen LogP) is 4.49. The van der Waals surface area contributed by atoms with Crippen molar-refractivity contribution in [1.29, 1.82) is 0 Å². The van der Waals surface area contributed by atoms with Gasteiger partial charge in [-0.05, 0) is 25.1 Å². The largest absolute Gasteiger partial charge is 0.496 e. The summed E-state index contributed by atoms with van der Waals surface area (Å²) in [6.45, 7) is 0.877. The second-order valence-electron chi connectivity index (χ2n) is 8.26. The van der Waals surface area contributed by atoms with Gasteiger partial charge in [0.1, 0.15) is 18.0 Å². The molecule has 0 saturated carbocycles. The summed E-state index contributed by atoms with van der Waals surface area (Å²) in [4.78, 5) is 22.1. The third-order valence-corrected chi connectivity index (χ3v) is 6.08. The maximum Gasteiger partial charge on any atom is 0.319 e. The van der Waals surface area contributed by atoms with Gasteiger partial charge in [0.2, 0.25) is 0 Å². The van der Waals surface area contributed by atoms with Crippen LogP contribution in [0, 0.1) is 0 Å². The fourth-order valence-electron chi connectivity index (χ4n) is 4.21. The van der Waals surface area contributed by atoms with E-state index in [1.54, 1.807) is 56.9 Å². The highest BCUT2D eigenvalue weighted by Gasteiger charge is 2.34. The van der Waals surface area contributed by atoms with Gasteiger partial charge in [-0.2, -0.15) is 9.97 Å². The maximum absolute atomic E-state index is 13.7. The topological polar surface area (TPSA) is 88.0 Å². The number of piperidine rings is 1. The number of fused-ring (bicyclic) bond motifs is 1. The van der Waals surface area contributed by atoms with Gasteiger partial charge in [-0.25, -0.2) is 8.78 Å². The van der Waals surface area contributed by atoms with Crippen molar-refractivity contribution in [2.24, 2.45) is 9.98 Å². The summed E-state index contributed by atoms with van der Waals surface area (Å²) in [7, 11) is 4.91. The van der Waals surface area contributed by atoms with Gasteiger partial charge in [-0.15, -0.1) is 0 Å². The first kappa shape index (κ1) is 25.0. The summed E-state index contributed by atoms with van der Waals surface area (Å²) < 4.78 is 38.8. The molecule has 0 aliphatic carbocycles. The van der Waals surface area contributed by atoms with Crippen molar-refractivity contribution in [3.63, 3.8) is 0 Å². The van der Waals surface area contributed by atoms with Crippen LogP contribution in [0.25, 0.3) is 22.3 Å². The number of rotatable bonds is 8. The standard InChI is InChI=1S/C24H27ClF2N6O2/c1-28-11-15-9-18(25)17(10-19(15)34-3)21-20-16(12-29-2)13-30-22(20)32-23(31-21)35-8-7-33-6-4-5-24(26,27)14-33/h9-13H,4-8,14H2,1-3H3,(H,30,31,32). The SMILES string of the molecule is CN=Cc1cc(Cl)c(-c2nc(OCCN3CCCC(F)(F)C3)nc3[nH]cc(C=NC)c23)cc1OC. The van der Waals surface area contributed by atoms with Crippen LogP contribution in [0.15, 0.2) is 28.3 Å². The molecule has 1 saturated heterocycles. The molecule has 1 aliphatic rings. The number of nitrogens with zero attached hydrogens (tertiary/aromatic N) is 5. The van der Waals surface area contributed by atoms with Crippen LogP contribution in [0.4, 0.5) is 8.78 Å². The molecular weight excluding hydrogens is 478 g/mol. The molecule has 0 spiro atoms. The Morgan fingerprint density at radius 2 is 1.97 bits per heavy atom. The van der Waals surface area contributed by atoms with Gasteiger partial charge in [0.05, 0.1) is 29.8 Å². The Morgan fingerprint density at radius 3 is 2.69 bits per heavy atom. The predicted molar refractivity (Wildman–Crippen MR) is 134 cm³/mol. The Kier molecular flexibility index (Phi) is 7.61. The van der Waals surface area contributed by atoms with E-state index in [4.69, 9.17) is 21.1 Å². The van der Waals surface area contributed by atoms with Gasteiger partial charge in [0.25, 0.3) is 5.92 Å². The summed E-state index contributed by atoms with van der Waals surface area (Å²) in [6.07, 6.45) is 5.53. The molecule has 1 N–H and O–H groups in total. The highest BCUT2D eigenvalue weighted by Crippen LogP contribution is 2.38. The van der Waals surface area contributed by atoms with Crippen LogP contribution in [0.2, 0.25) is 5.02 Å². The first-order chi connectivity index (χ1) is 16.8. The third-order valence-electron chi connectivity index (χ3n) is 5.76. The number of aromatic amines is 1. The van der Waals surface area contributed by atoms with Crippen LogP contribution < -0.4 is 9.47 Å². The molecule has 11 heteroatoms. The first-order valence-corrected chi connectivity index (χ1v) is 11.6. The monoisotopic (exact) mass is 504 g/mol. The van der Waals surface area contributed by atoms with Gasteiger partial charge >= 0.3 is 6.01 Å². The van der Waals surface area contributed by atoms with E-state index in [-0.39, 0.29) is 25.6 Å². The van der Waals surface area contributed by atoms with Gasteiger partial charge in [0.15, 0.2) is 0 Å². The Morgan fingerprint density at radius 1 is 1.20 bits per heavy atom. The van der Waals surface area contributed by atoms with Gasteiger partial charge in [-0.3, -0.25) is 14.9 Å². The summed E-state index contributed by atoms with van der Waals surface area (Å²) in [5, 5.41) is 1.17. The average molecular weight is 505 g/mol. The van der Waals surface area contributed by atoms with Gasteiger partial charge in [0, 0.05) is 62.4 Å². The van der Waals surface area contributed by atoms with Crippen LogP contribution in [0.1, 0.15) is 24.0 Å². The minimum absolute atomic E-state index is 0.0726. The summed E-state index contributed by atoms with van der Waals surface area (Å²) in [6, 6.07) is 3.67. The highest BCUT2D eigenvalue weighted by molar-refractivity contribution is 6.34.